The minimum Gasteiger partial charge on any atom is -0.492 e. The van der Waals surface area contributed by atoms with E-state index >= 15 is 0 Å². The van der Waals surface area contributed by atoms with Crippen molar-refractivity contribution in [3.8, 4) is 5.75 Å². The van der Waals surface area contributed by atoms with Crippen LogP contribution in [0.5, 0.6) is 5.75 Å². The van der Waals surface area contributed by atoms with Crippen molar-refractivity contribution in [2.75, 3.05) is 13.2 Å². The van der Waals surface area contributed by atoms with E-state index in [2.05, 4.69) is 0 Å². The number of amides is 1. The summed E-state index contributed by atoms with van der Waals surface area (Å²) in [5, 5.41) is 9.60. The van der Waals surface area contributed by atoms with Gasteiger partial charge in [-0.3, -0.25) is 4.79 Å². The number of hydrogen-bond acceptors (Lipinski definition) is 3. The molecular weight excluding hydrogens is 294 g/mol. The first-order valence-corrected chi connectivity index (χ1v) is 7.34. The van der Waals surface area contributed by atoms with Crippen LogP contribution in [-0.2, 0) is 16.0 Å². The van der Waals surface area contributed by atoms with Gasteiger partial charge < -0.3 is 14.7 Å². The Morgan fingerprint density at radius 3 is 2.90 bits per heavy atom. The summed E-state index contributed by atoms with van der Waals surface area (Å²) in [7, 11) is 0. The molecule has 1 amide bonds. The summed E-state index contributed by atoms with van der Waals surface area (Å²) < 4.78 is 5.49. The zero-order valence-corrected chi connectivity index (χ0v) is 12.6. The van der Waals surface area contributed by atoms with Crippen LogP contribution >= 0.6 is 11.6 Å². The van der Waals surface area contributed by atoms with Crippen LogP contribution in [0.2, 0.25) is 5.02 Å². The lowest BCUT2D eigenvalue weighted by molar-refractivity contribution is -0.148. The monoisotopic (exact) mass is 311 g/mol. The van der Waals surface area contributed by atoms with Crippen molar-refractivity contribution in [3.05, 3.63) is 28.8 Å². The number of para-hydroxylation sites is 1. The molecule has 6 heteroatoms. The number of carboxylic acids is 1. The summed E-state index contributed by atoms with van der Waals surface area (Å²) in [5.41, 5.74) is 0.686. The highest BCUT2D eigenvalue weighted by molar-refractivity contribution is 6.32. The Morgan fingerprint density at radius 2 is 2.24 bits per heavy atom. The number of carbonyl (C=O) groups is 2. The molecule has 0 aliphatic carbocycles. The molecule has 1 aliphatic rings. The Balaban J connectivity index is 2.16. The van der Waals surface area contributed by atoms with Gasteiger partial charge in [0.2, 0.25) is 5.91 Å². The van der Waals surface area contributed by atoms with Crippen molar-refractivity contribution in [1.82, 2.24) is 4.90 Å². The van der Waals surface area contributed by atoms with Crippen LogP contribution in [0.25, 0.3) is 0 Å². The van der Waals surface area contributed by atoms with Gasteiger partial charge in [0.05, 0.1) is 18.1 Å². The first kappa shape index (κ1) is 15.6. The molecule has 0 unspecified atom stereocenters. The second-order valence-electron chi connectivity index (χ2n) is 4.92. The van der Waals surface area contributed by atoms with Crippen LogP contribution < -0.4 is 4.74 Å². The van der Waals surface area contributed by atoms with Crippen LogP contribution in [0, 0.1) is 0 Å². The highest BCUT2D eigenvalue weighted by atomic mass is 35.5. The Hall–Kier alpha value is -1.75. The van der Waals surface area contributed by atoms with Crippen molar-refractivity contribution < 1.29 is 19.4 Å². The van der Waals surface area contributed by atoms with Gasteiger partial charge in [-0.05, 0) is 25.8 Å². The fraction of sp³-hybridized carbons (Fsp3) is 0.467. The van der Waals surface area contributed by atoms with Crippen LogP contribution in [0.4, 0.5) is 0 Å². The summed E-state index contributed by atoms with van der Waals surface area (Å²) >= 11 is 6.09. The predicted octanol–water partition coefficient (Wildman–Crippen LogP) is 2.36. The number of carbonyl (C=O) groups excluding carboxylic acids is 1. The van der Waals surface area contributed by atoms with Crippen LogP contribution in [-0.4, -0.2) is 41.1 Å². The Morgan fingerprint density at radius 1 is 1.48 bits per heavy atom. The lowest BCUT2D eigenvalue weighted by Gasteiger charge is -2.22. The average molecular weight is 312 g/mol. The number of ether oxygens (including phenoxy) is 1. The molecule has 21 heavy (non-hydrogen) atoms. The lowest BCUT2D eigenvalue weighted by Crippen LogP contribution is -2.41. The van der Waals surface area contributed by atoms with Gasteiger partial charge in [0.1, 0.15) is 11.8 Å². The molecular formula is C15H18ClNO4. The predicted molar refractivity (Wildman–Crippen MR) is 78.7 cm³/mol. The minimum atomic E-state index is -0.947. The molecule has 0 spiro atoms. The van der Waals surface area contributed by atoms with Gasteiger partial charge in [-0.15, -0.1) is 0 Å². The van der Waals surface area contributed by atoms with Gasteiger partial charge >= 0.3 is 5.97 Å². The molecule has 1 aromatic rings. The second-order valence-corrected chi connectivity index (χ2v) is 5.33. The van der Waals surface area contributed by atoms with E-state index in [1.807, 2.05) is 6.92 Å². The van der Waals surface area contributed by atoms with E-state index in [0.717, 1.165) is 6.42 Å². The number of carboxylic acid groups (broad SMARTS) is 1. The third-order valence-corrected chi connectivity index (χ3v) is 3.83. The topological polar surface area (TPSA) is 66.8 Å². The molecule has 1 saturated heterocycles. The zero-order valence-electron chi connectivity index (χ0n) is 11.8. The first-order chi connectivity index (χ1) is 10.0. The molecule has 1 aromatic carbocycles. The average Bonchev–Trinajstić information content (AvgIpc) is 2.92. The third kappa shape index (κ3) is 3.47. The Kier molecular flexibility index (Phi) is 5.07. The number of nitrogens with zero attached hydrogens (tertiary/aromatic N) is 1. The van der Waals surface area contributed by atoms with E-state index in [1.165, 1.54) is 4.90 Å². The highest BCUT2D eigenvalue weighted by Crippen LogP contribution is 2.30. The number of halogens is 1. The minimum absolute atomic E-state index is 0.0969. The standard InChI is InChI=1S/C15H18ClNO4/c1-2-21-14-10(5-3-6-11(14)16)9-13(18)17-8-4-7-12(17)15(19)20/h3,5-6,12H,2,4,7-9H2,1H3,(H,19,20)/t12-/m1/s1. The van der Waals surface area contributed by atoms with E-state index in [1.54, 1.807) is 18.2 Å². The number of hydrogen-bond donors (Lipinski definition) is 1. The van der Waals surface area contributed by atoms with Crippen LogP contribution in [0.15, 0.2) is 18.2 Å². The van der Waals surface area contributed by atoms with E-state index in [4.69, 9.17) is 21.4 Å². The van der Waals surface area contributed by atoms with Gasteiger partial charge in [-0.2, -0.15) is 0 Å². The maximum absolute atomic E-state index is 12.4. The van der Waals surface area contributed by atoms with Gasteiger partial charge in [-0.1, -0.05) is 23.7 Å². The molecule has 1 fully saturated rings. The maximum Gasteiger partial charge on any atom is 0.326 e. The lowest BCUT2D eigenvalue weighted by atomic mass is 10.1. The largest absolute Gasteiger partial charge is 0.492 e. The SMILES string of the molecule is CCOc1c(Cl)cccc1CC(=O)N1CCC[C@@H]1C(=O)O. The smallest absolute Gasteiger partial charge is 0.326 e. The molecule has 2 rings (SSSR count). The molecule has 1 N–H and O–H groups in total. The van der Waals surface area contributed by atoms with E-state index in [-0.39, 0.29) is 12.3 Å². The Bertz CT molecular complexity index is 546. The van der Waals surface area contributed by atoms with Gasteiger partial charge in [-0.25, -0.2) is 4.79 Å². The summed E-state index contributed by atoms with van der Waals surface area (Å²) in [5.74, 6) is -0.652. The number of rotatable bonds is 5. The Labute approximate surface area is 128 Å². The van der Waals surface area contributed by atoms with Crippen LogP contribution in [0.1, 0.15) is 25.3 Å². The van der Waals surface area contributed by atoms with E-state index in [9.17, 15) is 9.59 Å². The molecule has 0 radical (unpaired) electrons. The first-order valence-electron chi connectivity index (χ1n) is 6.97. The summed E-state index contributed by atoms with van der Waals surface area (Å²) in [6, 6.07) is 4.52. The molecule has 5 nitrogen and oxygen atoms in total. The summed E-state index contributed by atoms with van der Waals surface area (Å²) in [6.45, 7) is 2.78. The molecule has 114 valence electrons. The summed E-state index contributed by atoms with van der Waals surface area (Å²) in [4.78, 5) is 24.9. The molecule has 1 atom stereocenters. The van der Waals surface area contributed by atoms with Crippen LogP contribution in [0.3, 0.4) is 0 Å². The molecule has 0 saturated carbocycles. The van der Waals surface area contributed by atoms with Gasteiger partial charge in [0.25, 0.3) is 0 Å². The van der Waals surface area contributed by atoms with Crippen molar-refractivity contribution in [2.24, 2.45) is 0 Å². The van der Waals surface area contributed by atoms with Gasteiger partial charge in [0, 0.05) is 12.1 Å². The number of aliphatic carboxylic acids is 1. The highest BCUT2D eigenvalue weighted by Gasteiger charge is 2.34. The van der Waals surface area contributed by atoms with Crippen molar-refractivity contribution >= 4 is 23.5 Å². The molecule has 1 aliphatic heterocycles. The quantitative estimate of drug-likeness (QED) is 0.906. The molecule has 1 heterocycles. The fourth-order valence-corrected chi connectivity index (χ4v) is 2.83. The molecule has 0 bridgehead atoms. The zero-order chi connectivity index (χ0) is 15.4. The normalized spacial score (nSPS) is 17.8. The van der Waals surface area contributed by atoms with E-state index in [0.29, 0.717) is 35.9 Å². The van der Waals surface area contributed by atoms with E-state index < -0.39 is 12.0 Å². The third-order valence-electron chi connectivity index (χ3n) is 3.54. The summed E-state index contributed by atoms with van der Waals surface area (Å²) in [6.07, 6.45) is 1.32. The maximum atomic E-state index is 12.4. The van der Waals surface area contributed by atoms with Gasteiger partial charge in [0.15, 0.2) is 0 Å². The van der Waals surface area contributed by atoms with Crippen molar-refractivity contribution in [2.45, 2.75) is 32.2 Å². The number of likely N-dealkylation sites (tertiary alicyclic amines) is 1. The second kappa shape index (κ2) is 6.80. The van der Waals surface area contributed by atoms with Crippen molar-refractivity contribution in [3.63, 3.8) is 0 Å². The molecule has 0 aromatic heterocycles. The van der Waals surface area contributed by atoms with Crippen molar-refractivity contribution in [1.29, 1.82) is 0 Å². The number of benzene rings is 1. The fourth-order valence-electron chi connectivity index (χ4n) is 2.59.